The molecule has 15 heavy (non-hydrogen) atoms. The van der Waals surface area contributed by atoms with Crippen molar-refractivity contribution in [2.24, 2.45) is 5.73 Å². The number of ether oxygens (including phenoxy) is 1. The number of hydrogen-bond donors (Lipinski definition) is 1. The second-order valence-corrected chi connectivity index (χ2v) is 5.16. The van der Waals surface area contributed by atoms with Crippen LogP contribution < -0.4 is 5.73 Å². The Morgan fingerprint density at radius 3 is 2.80 bits per heavy atom. The number of rotatable bonds is 3. The maximum atomic E-state index is 6.01. The first-order valence-corrected chi connectivity index (χ1v) is 6.33. The molecule has 2 N–H and O–H groups in total. The van der Waals surface area contributed by atoms with Gasteiger partial charge in [-0.3, -0.25) is 0 Å². The summed E-state index contributed by atoms with van der Waals surface area (Å²) in [6.07, 6.45) is 7.95. The molecule has 1 saturated carbocycles. The highest BCUT2D eigenvalue weighted by Crippen LogP contribution is 2.22. The van der Waals surface area contributed by atoms with Crippen molar-refractivity contribution < 1.29 is 4.74 Å². The fraction of sp³-hybridized carbons (Fsp3) is 1.00. The Bertz CT molecular complexity index is 192. The molecule has 1 aliphatic heterocycles. The van der Waals surface area contributed by atoms with E-state index in [0.717, 1.165) is 13.2 Å². The summed E-state index contributed by atoms with van der Waals surface area (Å²) in [5.74, 6) is 0. The molecule has 1 heterocycles. The van der Waals surface area contributed by atoms with Crippen LogP contribution >= 0.6 is 0 Å². The average molecular weight is 212 g/mol. The summed E-state index contributed by atoms with van der Waals surface area (Å²) in [6, 6.07) is 1.12. The molecule has 2 aliphatic rings. The zero-order chi connectivity index (χ0) is 10.7. The van der Waals surface area contributed by atoms with Gasteiger partial charge in [-0.2, -0.15) is 0 Å². The monoisotopic (exact) mass is 212 g/mol. The quantitative estimate of drug-likeness (QED) is 0.768. The molecule has 3 atom stereocenters. The van der Waals surface area contributed by atoms with Crippen LogP contribution in [0.5, 0.6) is 0 Å². The third kappa shape index (κ3) is 3.16. The molecule has 3 nitrogen and oxygen atoms in total. The van der Waals surface area contributed by atoms with Gasteiger partial charge >= 0.3 is 0 Å². The first kappa shape index (κ1) is 11.4. The SMILES string of the molecule is CN(CC1CCCO1)C1CCCC(N)C1. The molecule has 0 radical (unpaired) electrons. The zero-order valence-corrected chi connectivity index (χ0v) is 9.82. The first-order valence-electron chi connectivity index (χ1n) is 6.33. The molecule has 0 aromatic rings. The summed E-state index contributed by atoms with van der Waals surface area (Å²) in [7, 11) is 2.23. The number of nitrogens with two attached hydrogens (primary N) is 1. The van der Waals surface area contributed by atoms with E-state index in [9.17, 15) is 0 Å². The van der Waals surface area contributed by atoms with Crippen LogP contribution in [0, 0.1) is 0 Å². The molecular weight excluding hydrogens is 188 g/mol. The first-order chi connectivity index (χ1) is 7.25. The number of likely N-dealkylation sites (N-methyl/N-ethyl adjacent to an activating group) is 1. The molecule has 3 heteroatoms. The minimum Gasteiger partial charge on any atom is -0.377 e. The van der Waals surface area contributed by atoms with Crippen molar-refractivity contribution in [3.63, 3.8) is 0 Å². The van der Waals surface area contributed by atoms with Crippen LogP contribution in [0.4, 0.5) is 0 Å². The molecule has 0 spiro atoms. The largest absolute Gasteiger partial charge is 0.377 e. The summed E-state index contributed by atoms with van der Waals surface area (Å²) in [5.41, 5.74) is 6.01. The lowest BCUT2D eigenvalue weighted by atomic mass is 9.90. The van der Waals surface area contributed by atoms with Gasteiger partial charge in [-0.1, -0.05) is 6.42 Å². The fourth-order valence-electron chi connectivity index (χ4n) is 2.86. The van der Waals surface area contributed by atoms with Gasteiger partial charge in [0.2, 0.25) is 0 Å². The van der Waals surface area contributed by atoms with Crippen molar-refractivity contribution in [1.29, 1.82) is 0 Å². The van der Waals surface area contributed by atoms with Gasteiger partial charge in [-0.25, -0.2) is 0 Å². The molecule has 3 unspecified atom stereocenters. The van der Waals surface area contributed by atoms with Crippen LogP contribution in [0.3, 0.4) is 0 Å². The van der Waals surface area contributed by atoms with Gasteiger partial charge in [-0.15, -0.1) is 0 Å². The summed E-state index contributed by atoms with van der Waals surface area (Å²) < 4.78 is 5.67. The predicted molar refractivity (Wildman–Crippen MR) is 61.8 cm³/mol. The minimum absolute atomic E-state index is 0.427. The van der Waals surface area contributed by atoms with Crippen molar-refractivity contribution in [2.75, 3.05) is 20.2 Å². The van der Waals surface area contributed by atoms with Gasteiger partial charge in [0.25, 0.3) is 0 Å². The Morgan fingerprint density at radius 1 is 1.27 bits per heavy atom. The Labute approximate surface area is 93.0 Å². The predicted octanol–water partition coefficient (Wildman–Crippen LogP) is 1.37. The Hall–Kier alpha value is -0.120. The summed E-state index contributed by atoms with van der Waals surface area (Å²) in [5, 5.41) is 0. The van der Waals surface area contributed by atoms with E-state index in [4.69, 9.17) is 10.5 Å². The van der Waals surface area contributed by atoms with Crippen LogP contribution in [0.25, 0.3) is 0 Å². The van der Waals surface area contributed by atoms with Crippen molar-refractivity contribution in [3.05, 3.63) is 0 Å². The van der Waals surface area contributed by atoms with Crippen LogP contribution in [-0.2, 0) is 4.74 Å². The van der Waals surface area contributed by atoms with Gasteiger partial charge in [0.1, 0.15) is 0 Å². The third-order valence-electron chi connectivity index (χ3n) is 3.83. The Morgan fingerprint density at radius 2 is 2.13 bits per heavy atom. The Kier molecular flexibility index (Phi) is 4.00. The lowest BCUT2D eigenvalue weighted by Gasteiger charge is -2.35. The van der Waals surface area contributed by atoms with E-state index < -0.39 is 0 Å². The van der Waals surface area contributed by atoms with Gasteiger partial charge in [0.05, 0.1) is 6.10 Å². The van der Waals surface area contributed by atoms with E-state index in [1.54, 1.807) is 0 Å². The highest BCUT2D eigenvalue weighted by molar-refractivity contribution is 4.82. The molecule has 0 aromatic heterocycles. The molecule has 2 rings (SSSR count). The van der Waals surface area contributed by atoms with E-state index in [0.29, 0.717) is 18.2 Å². The molecule has 0 amide bonds. The highest BCUT2D eigenvalue weighted by Gasteiger charge is 2.25. The van der Waals surface area contributed by atoms with Crippen LogP contribution in [0.2, 0.25) is 0 Å². The third-order valence-corrected chi connectivity index (χ3v) is 3.83. The maximum Gasteiger partial charge on any atom is 0.0702 e. The minimum atomic E-state index is 0.427. The number of hydrogen-bond acceptors (Lipinski definition) is 3. The van der Waals surface area contributed by atoms with E-state index in [1.807, 2.05) is 0 Å². The summed E-state index contributed by atoms with van der Waals surface area (Å²) in [4.78, 5) is 2.47. The molecule has 0 aromatic carbocycles. The molecule has 1 aliphatic carbocycles. The highest BCUT2D eigenvalue weighted by atomic mass is 16.5. The van der Waals surface area contributed by atoms with Crippen LogP contribution in [-0.4, -0.2) is 43.3 Å². The van der Waals surface area contributed by atoms with Gasteiger partial charge < -0.3 is 15.4 Å². The van der Waals surface area contributed by atoms with Gasteiger partial charge in [0, 0.05) is 25.2 Å². The molecular formula is C12H24N2O. The zero-order valence-electron chi connectivity index (χ0n) is 9.82. The topological polar surface area (TPSA) is 38.5 Å². The Balaban J connectivity index is 1.76. The van der Waals surface area contributed by atoms with Crippen molar-refractivity contribution in [1.82, 2.24) is 4.90 Å². The second-order valence-electron chi connectivity index (χ2n) is 5.16. The second kappa shape index (κ2) is 5.28. The normalized spacial score (nSPS) is 37.4. The molecule has 88 valence electrons. The average Bonchev–Trinajstić information content (AvgIpc) is 2.70. The van der Waals surface area contributed by atoms with Crippen molar-refractivity contribution >= 4 is 0 Å². The van der Waals surface area contributed by atoms with Crippen LogP contribution in [0.1, 0.15) is 38.5 Å². The van der Waals surface area contributed by atoms with E-state index in [2.05, 4.69) is 11.9 Å². The molecule has 0 bridgehead atoms. The lowest BCUT2D eigenvalue weighted by molar-refractivity contribution is 0.0593. The summed E-state index contributed by atoms with van der Waals surface area (Å²) in [6.45, 7) is 2.06. The van der Waals surface area contributed by atoms with Crippen LogP contribution in [0.15, 0.2) is 0 Å². The van der Waals surface area contributed by atoms with Gasteiger partial charge in [0.15, 0.2) is 0 Å². The van der Waals surface area contributed by atoms with E-state index >= 15 is 0 Å². The smallest absolute Gasteiger partial charge is 0.0702 e. The lowest BCUT2D eigenvalue weighted by Crippen LogP contribution is -2.43. The van der Waals surface area contributed by atoms with Crippen molar-refractivity contribution in [3.8, 4) is 0 Å². The van der Waals surface area contributed by atoms with Gasteiger partial charge in [-0.05, 0) is 39.2 Å². The van der Waals surface area contributed by atoms with E-state index in [1.165, 1.54) is 38.5 Å². The van der Waals surface area contributed by atoms with Crippen molar-refractivity contribution in [2.45, 2.75) is 56.7 Å². The van der Waals surface area contributed by atoms with E-state index in [-0.39, 0.29) is 0 Å². The standard InChI is InChI=1S/C12H24N2O/c1-14(9-12-6-3-7-15-12)11-5-2-4-10(13)8-11/h10-12H,2-9,13H2,1H3. The fourth-order valence-corrected chi connectivity index (χ4v) is 2.86. The maximum absolute atomic E-state index is 6.01. The number of nitrogens with zero attached hydrogens (tertiary/aromatic N) is 1. The molecule has 1 saturated heterocycles. The summed E-state index contributed by atoms with van der Waals surface area (Å²) >= 11 is 0. The molecule has 2 fully saturated rings.